The van der Waals surface area contributed by atoms with Gasteiger partial charge < -0.3 is 20.3 Å². The summed E-state index contributed by atoms with van der Waals surface area (Å²) in [6.07, 6.45) is 2.22. The predicted octanol–water partition coefficient (Wildman–Crippen LogP) is 2.86. The molecule has 1 heterocycles. The molecule has 1 aliphatic heterocycles. The van der Waals surface area contributed by atoms with Crippen molar-refractivity contribution in [2.75, 3.05) is 26.7 Å². The second-order valence-corrected chi connectivity index (χ2v) is 8.35. The van der Waals surface area contributed by atoms with Crippen molar-refractivity contribution >= 4 is 6.09 Å². The third-order valence-corrected chi connectivity index (χ3v) is 4.51. The first kappa shape index (κ1) is 20.2. The van der Waals surface area contributed by atoms with E-state index < -0.39 is 5.60 Å². The van der Waals surface area contributed by atoms with Gasteiger partial charge in [-0.1, -0.05) is 13.8 Å². The number of nitrogens with zero attached hydrogens (tertiary/aromatic N) is 1. The van der Waals surface area contributed by atoms with E-state index in [4.69, 9.17) is 4.74 Å². The molecule has 2 N–H and O–H groups in total. The van der Waals surface area contributed by atoms with E-state index >= 15 is 0 Å². The Hall–Kier alpha value is -0.810. The van der Waals surface area contributed by atoms with Crippen LogP contribution >= 0.6 is 0 Å². The Morgan fingerprint density at radius 3 is 2.48 bits per heavy atom. The molecule has 0 aliphatic carbocycles. The fourth-order valence-electron chi connectivity index (χ4n) is 3.08. The van der Waals surface area contributed by atoms with Crippen molar-refractivity contribution in [1.29, 1.82) is 0 Å². The van der Waals surface area contributed by atoms with Crippen molar-refractivity contribution in [2.24, 2.45) is 11.8 Å². The molecule has 0 aromatic carbocycles. The molecule has 0 aromatic heterocycles. The molecule has 136 valence electrons. The number of piperidine rings is 1. The third-order valence-electron chi connectivity index (χ3n) is 4.51. The van der Waals surface area contributed by atoms with Gasteiger partial charge in [-0.15, -0.1) is 0 Å². The van der Waals surface area contributed by atoms with Gasteiger partial charge in [0.2, 0.25) is 0 Å². The van der Waals surface area contributed by atoms with Crippen molar-refractivity contribution in [2.45, 2.75) is 72.1 Å². The van der Waals surface area contributed by atoms with Gasteiger partial charge in [-0.05, 0) is 66.0 Å². The van der Waals surface area contributed by atoms with Gasteiger partial charge in [-0.25, -0.2) is 4.79 Å². The summed E-state index contributed by atoms with van der Waals surface area (Å²) in [5.74, 6) is 1.13. The van der Waals surface area contributed by atoms with Crippen LogP contribution in [0.2, 0.25) is 0 Å². The highest BCUT2D eigenvalue weighted by molar-refractivity contribution is 5.67. The SMILES string of the molecule is CC(C)C(CNC(=O)OC(C)(C)C)NC(C)C1CCCN(C)C1. The van der Waals surface area contributed by atoms with Gasteiger partial charge in [0.25, 0.3) is 0 Å². The molecule has 3 atom stereocenters. The number of hydrogen-bond acceptors (Lipinski definition) is 4. The second-order valence-electron chi connectivity index (χ2n) is 8.35. The molecule has 23 heavy (non-hydrogen) atoms. The van der Waals surface area contributed by atoms with E-state index in [9.17, 15) is 4.79 Å². The average Bonchev–Trinajstić information content (AvgIpc) is 2.40. The number of rotatable bonds is 6. The molecule has 0 aromatic rings. The number of carbonyl (C=O) groups is 1. The first-order valence-corrected chi connectivity index (χ1v) is 9.00. The maximum absolute atomic E-state index is 11.8. The summed E-state index contributed by atoms with van der Waals surface area (Å²) in [4.78, 5) is 14.3. The van der Waals surface area contributed by atoms with Crippen molar-refractivity contribution in [3.8, 4) is 0 Å². The number of amides is 1. The normalized spacial score (nSPS) is 22.7. The van der Waals surface area contributed by atoms with Crippen molar-refractivity contribution in [3.63, 3.8) is 0 Å². The minimum Gasteiger partial charge on any atom is -0.444 e. The molecule has 1 saturated heterocycles. The minimum absolute atomic E-state index is 0.254. The van der Waals surface area contributed by atoms with Crippen LogP contribution in [0.5, 0.6) is 0 Å². The van der Waals surface area contributed by atoms with Gasteiger partial charge in [-0.2, -0.15) is 0 Å². The lowest BCUT2D eigenvalue weighted by atomic mass is 9.90. The highest BCUT2D eigenvalue weighted by Gasteiger charge is 2.26. The number of alkyl carbamates (subject to hydrolysis) is 1. The standard InChI is InChI=1S/C18H37N3O2/c1-13(2)16(11-19-17(22)23-18(4,5)6)20-14(3)15-9-8-10-21(7)12-15/h13-16,20H,8-12H2,1-7H3,(H,19,22). The first-order valence-electron chi connectivity index (χ1n) is 9.00. The molecule has 5 nitrogen and oxygen atoms in total. The van der Waals surface area contributed by atoms with E-state index in [1.807, 2.05) is 20.8 Å². The molecular formula is C18H37N3O2. The van der Waals surface area contributed by atoms with Gasteiger partial charge in [0.1, 0.15) is 5.60 Å². The zero-order valence-corrected chi connectivity index (χ0v) is 16.1. The maximum Gasteiger partial charge on any atom is 0.407 e. The van der Waals surface area contributed by atoms with Crippen LogP contribution in [0.1, 0.15) is 54.4 Å². The van der Waals surface area contributed by atoms with E-state index in [1.165, 1.54) is 19.4 Å². The Labute approximate surface area is 142 Å². The fourth-order valence-corrected chi connectivity index (χ4v) is 3.08. The molecule has 1 amide bonds. The highest BCUT2D eigenvalue weighted by atomic mass is 16.6. The van der Waals surface area contributed by atoms with E-state index in [1.54, 1.807) is 0 Å². The third kappa shape index (κ3) is 8.02. The topological polar surface area (TPSA) is 53.6 Å². The number of ether oxygens (including phenoxy) is 1. The lowest BCUT2D eigenvalue weighted by Gasteiger charge is -2.36. The Balaban J connectivity index is 2.46. The van der Waals surface area contributed by atoms with Crippen LogP contribution in [0, 0.1) is 11.8 Å². The van der Waals surface area contributed by atoms with E-state index in [2.05, 4.69) is 43.4 Å². The number of likely N-dealkylation sites (tertiary alicyclic amines) is 1. The van der Waals surface area contributed by atoms with Crippen LogP contribution in [-0.4, -0.2) is 55.4 Å². The predicted molar refractivity (Wildman–Crippen MR) is 95.7 cm³/mol. The van der Waals surface area contributed by atoms with Crippen LogP contribution < -0.4 is 10.6 Å². The summed E-state index contributed by atoms with van der Waals surface area (Å²) in [5.41, 5.74) is -0.454. The Morgan fingerprint density at radius 2 is 1.96 bits per heavy atom. The monoisotopic (exact) mass is 327 g/mol. The van der Waals surface area contributed by atoms with Gasteiger partial charge >= 0.3 is 6.09 Å². The summed E-state index contributed by atoms with van der Waals surface area (Å²) < 4.78 is 5.32. The van der Waals surface area contributed by atoms with Crippen LogP contribution in [0.15, 0.2) is 0 Å². The molecular weight excluding hydrogens is 290 g/mol. The van der Waals surface area contributed by atoms with Crippen LogP contribution in [0.3, 0.4) is 0 Å². The van der Waals surface area contributed by atoms with Gasteiger partial charge in [0.15, 0.2) is 0 Å². The summed E-state index contributed by atoms with van der Waals surface area (Å²) in [5, 5.41) is 6.63. The Bertz CT molecular complexity index is 366. The summed E-state index contributed by atoms with van der Waals surface area (Å²) in [7, 11) is 2.20. The van der Waals surface area contributed by atoms with E-state index in [0.29, 0.717) is 24.4 Å². The van der Waals surface area contributed by atoms with Crippen molar-refractivity contribution in [1.82, 2.24) is 15.5 Å². The van der Waals surface area contributed by atoms with Crippen molar-refractivity contribution < 1.29 is 9.53 Å². The molecule has 0 bridgehead atoms. The molecule has 3 unspecified atom stereocenters. The number of hydrogen-bond donors (Lipinski definition) is 2. The zero-order chi connectivity index (χ0) is 17.6. The quantitative estimate of drug-likeness (QED) is 0.788. The zero-order valence-electron chi connectivity index (χ0n) is 16.1. The smallest absolute Gasteiger partial charge is 0.407 e. The minimum atomic E-state index is -0.454. The van der Waals surface area contributed by atoms with Crippen LogP contribution in [0.25, 0.3) is 0 Å². The Kier molecular flexibility index (Phi) is 7.81. The van der Waals surface area contributed by atoms with E-state index in [0.717, 1.165) is 6.54 Å². The maximum atomic E-state index is 11.8. The first-order chi connectivity index (χ1) is 10.6. The van der Waals surface area contributed by atoms with Crippen molar-refractivity contribution in [3.05, 3.63) is 0 Å². The molecule has 5 heteroatoms. The summed E-state index contributed by atoms with van der Waals surface area (Å²) in [6.45, 7) is 15.2. The highest BCUT2D eigenvalue weighted by Crippen LogP contribution is 2.19. The lowest BCUT2D eigenvalue weighted by molar-refractivity contribution is 0.0516. The van der Waals surface area contributed by atoms with Gasteiger partial charge in [0.05, 0.1) is 0 Å². The summed E-state index contributed by atoms with van der Waals surface area (Å²) >= 11 is 0. The summed E-state index contributed by atoms with van der Waals surface area (Å²) in [6, 6.07) is 0.704. The molecule has 0 saturated carbocycles. The average molecular weight is 328 g/mol. The number of carbonyl (C=O) groups excluding carboxylic acids is 1. The lowest BCUT2D eigenvalue weighted by Crippen LogP contribution is -2.52. The fraction of sp³-hybridized carbons (Fsp3) is 0.944. The molecule has 0 spiro atoms. The molecule has 1 aliphatic rings. The number of nitrogens with one attached hydrogen (secondary N) is 2. The van der Waals surface area contributed by atoms with Crippen LogP contribution in [0.4, 0.5) is 4.79 Å². The van der Waals surface area contributed by atoms with Gasteiger partial charge in [0, 0.05) is 25.2 Å². The van der Waals surface area contributed by atoms with E-state index in [-0.39, 0.29) is 12.1 Å². The molecule has 1 rings (SSSR count). The molecule has 1 fully saturated rings. The van der Waals surface area contributed by atoms with Gasteiger partial charge in [-0.3, -0.25) is 0 Å². The largest absolute Gasteiger partial charge is 0.444 e. The molecule has 0 radical (unpaired) electrons. The Morgan fingerprint density at radius 1 is 1.30 bits per heavy atom. The van der Waals surface area contributed by atoms with Crippen LogP contribution in [-0.2, 0) is 4.74 Å². The second kappa shape index (κ2) is 8.88.